The number of anilines is 1. The van der Waals surface area contributed by atoms with Crippen molar-refractivity contribution in [3.63, 3.8) is 0 Å². The maximum absolute atomic E-state index is 14.4. The van der Waals surface area contributed by atoms with Gasteiger partial charge >= 0.3 is 5.92 Å². The molecule has 0 saturated carbocycles. The van der Waals surface area contributed by atoms with Gasteiger partial charge in [0.05, 0.1) is 6.54 Å². The zero-order chi connectivity index (χ0) is 23.4. The number of aromatic nitrogens is 5. The Hall–Kier alpha value is -4.15. The fraction of sp³-hybridized carbons (Fsp3) is 0.227. The first kappa shape index (κ1) is 22.1. The average Bonchev–Trinajstić information content (AvgIpc) is 3.28. The number of rotatable bonds is 8. The van der Waals surface area contributed by atoms with Gasteiger partial charge in [0.15, 0.2) is 5.82 Å². The number of amides is 1. The van der Waals surface area contributed by atoms with Crippen molar-refractivity contribution >= 4 is 22.8 Å². The summed E-state index contributed by atoms with van der Waals surface area (Å²) >= 11 is 0. The van der Waals surface area contributed by atoms with Crippen LogP contribution in [0.5, 0.6) is 0 Å². The van der Waals surface area contributed by atoms with E-state index in [9.17, 15) is 18.4 Å². The minimum absolute atomic E-state index is 0.229. The highest BCUT2D eigenvalue weighted by Gasteiger charge is 2.33. The summed E-state index contributed by atoms with van der Waals surface area (Å²) < 4.78 is 29.9. The zero-order valence-electron chi connectivity index (χ0n) is 17.7. The largest absolute Gasteiger partial charge is 0.359 e. The lowest BCUT2D eigenvalue weighted by atomic mass is 10.2. The molecule has 0 unspecified atom stereocenters. The topological polar surface area (TPSA) is 118 Å². The van der Waals surface area contributed by atoms with Crippen molar-refractivity contribution in [2.75, 3.05) is 11.9 Å². The van der Waals surface area contributed by atoms with Gasteiger partial charge < -0.3 is 15.6 Å². The third kappa shape index (κ3) is 5.03. The molecule has 1 amide bonds. The predicted octanol–water partition coefficient (Wildman–Crippen LogP) is 2.34. The molecule has 0 saturated heterocycles. The smallest absolute Gasteiger partial charge is 0.306 e. The summed E-state index contributed by atoms with van der Waals surface area (Å²) in [6.07, 6.45) is 6.04. The monoisotopic (exact) mass is 453 g/mol. The van der Waals surface area contributed by atoms with E-state index in [-0.39, 0.29) is 18.9 Å². The van der Waals surface area contributed by atoms with Crippen LogP contribution in [-0.2, 0) is 23.8 Å². The van der Waals surface area contributed by atoms with Crippen molar-refractivity contribution < 1.29 is 13.6 Å². The van der Waals surface area contributed by atoms with Crippen molar-refractivity contribution in [3.8, 4) is 0 Å². The Kier molecular flexibility index (Phi) is 6.11. The van der Waals surface area contributed by atoms with Gasteiger partial charge in [0.1, 0.15) is 17.9 Å². The van der Waals surface area contributed by atoms with Gasteiger partial charge in [0.2, 0.25) is 5.91 Å². The molecule has 0 fully saturated rings. The van der Waals surface area contributed by atoms with Gasteiger partial charge in [-0.25, -0.2) is 9.97 Å². The zero-order valence-corrected chi connectivity index (χ0v) is 17.7. The molecule has 0 aliphatic rings. The summed E-state index contributed by atoms with van der Waals surface area (Å²) in [4.78, 5) is 40.0. The van der Waals surface area contributed by atoms with Crippen molar-refractivity contribution in [1.82, 2.24) is 29.8 Å². The van der Waals surface area contributed by atoms with Gasteiger partial charge in [-0.15, -0.1) is 0 Å². The molecule has 0 aromatic carbocycles. The van der Waals surface area contributed by atoms with E-state index in [0.29, 0.717) is 5.69 Å². The first-order chi connectivity index (χ1) is 15.8. The number of alkyl halides is 2. The van der Waals surface area contributed by atoms with Gasteiger partial charge in [-0.3, -0.25) is 19.1 Å². The van der Waals surface area contributed by atoms with Crippen LogP contribution in [-0.4, -0.2) is 37.0 Å². The van der Waals surface area contributed by atoms with Crippen LogP contribution in [0.2, 0.25) is 0 Å². The van der Waals surface area contributed by atoms with E-state index in [1.165, 1.54) is 35.2 Å². The second-order valence-electron chi connectivity index (χ2n) is 7.45. The van der Waals surface area contributed by atoms with Crippen LogP contribution in [0.3, 0.4) is 0 Å². The first-order valence-electron chi connectivity index (χ1n) is 10.1. The number of aromatic amines is 1. The molecule has 170 valence electrons. The molecule has 3 N–H and O–H groups in total. The molecule has 11 heteroatoms. The van der Waals surface area contributed by atoms with Crippen molar-refractivity contribution in [3.05, 3.63) is 82.4 Å². The standard InChI is InChI=1S/C22H21F2N7O2/c1-14-9-28-20(30-13-22(23,24)17-4-2-3-6-25-17)21(33)31(14)12-18(32)27-10-15-8-16-5-7-26-19(16)29-11-15/h2-9,11H,10,12-13H2,1H3,(H,26,29)(H,27,32)(H,28,30). The normalized spacial score (nSPS) is 11.5. The van der Waals surface area contributed by atoms with Crippen LogP contribution in [0.4, 0.5) is 14.6 Å². The van der Waals surface area contributed by atoms with E-state index < -0.39 is 29.6 Å². The van der Waals surface area contributed by atoms with Crippen LogP contribution < -0.4 is 16.2 Å². The second-order valence-corrected chi connectivity index (χ2v) is 7.45. The number of hydrogen-bond donors (Lipinski definition) is 3. The van der Waals surface area contributed by atoms with Gasteiger partial charge in [-0.1, -0.05) is 6.07 Å². The highest BCUT2D eigenvalue weighted by Crippen LogP contribution is 2.25. The minimum Gasteiger partial charge on any atom is -0.359 e. The molecular formula is C22H21F2N7O2. The van der Waals surface area contributed by atoms with Gasteiger partial charge in [0, 0.05) is 42.4 Å². The lowest BCUT2D eigenvalue weighted by Gasteiger charge is -2.17. The first-order valence-corrected chi connectivity index (χ1v) is 10.1. The molecule has 4 aromatic heterocycles. The van der Waals surface area contributed by atoms with E-state index >= 15 is 0 Å². The number of aryl methyl sites for hydroxylation is 1. The van der Waals surface area contributed by atoms with E-state index in [1.54, 1.807) is 19.3 Å². The van der Waals surface area contributed by atoms with E-state index in [4.69, 9.17) is 0 Å². The summed E-state index contributed by atoms with van der Waals surface area (Å²) in [5.41, 5.74) is 0.882. The molecule has 33 heavy (non-hydrogen) atoms. The fourth-order valence-corrected chi connectivity index (χ4v) is 3.24. The minimum atomic E-state index is -3.31. The Labute approximate surface area is 186 Å². The molecule has 0 radical (unpaired) electrons. The second kappa shape index (κ2) is 9.15. The number of halogens is 2. The lowest BCUT2D eigenvalue weighted by Crippen LogP contribution is -2.36. The molecule has 0 spiro atoms. The van der Waals surface area contributed by atoms with Gasteiger partial charge in [-0.05, 0) is 36.8 Å². The molecule has 9 nitrogen and oxygen atoms in total. The van der Waals surface area contributed by atoms with Crippen molar-refractivity contribution in [1.29, 1.82) is 0 Å². The molecule has 0 aliphatic carbocycles. The molecule has 4 heterocycles. The van der Waals surface area contributed by atoms with Crippen molar-refractivity contribution in [2.24, 2.45) is 0 Å². The molecule has 4 aromatic rings. The third-order valence-corrected chi connectivity index (χ3v) is 5.02. The molecule has 0 atom stereocenters. The van der Waals surface area contributed by atoms with Crippen LogP contribution in [0.15, 0.2) is 59.9 Å². The average molecular weight is 453 g/mol. The number of pyridine rings is 2. The number of carbonyl (C=O) groups excluding carboxylic acids is 1. The number of fused-ring (bicyclic) bond motifs is 1. The predicted molar refractivity (Wildman–Crippen MR) is 118 cm³/mol. The van der Waals surface area contributed by atoms with Crippen LogP contribution in [0.1, 0.15) is 17.0 Å². The Bertz CT molecular complexity index is 1340. The third-order valence-electron chi connectivity index (χ3n) is 5.02. The number of nitrogens with one attached hydrogen (secondary N) is 3. The molecular weight excluding hydrogens is 432 g/mol. The van der Waals surface area contributed by atoms with Gasteiger partial charge in [0.25, 0.3) is 5.56 Å². The molecule has 0 bridgehead atoms. The van der Waals surface area contributed by atoms with E-state index in [2.05, 4.69) is 30.6 Å². The van der Waals surface area contributed by atoms with Crippen molar-refractivity contribution in [2.45, 2.75) is 25.9 Å². The summed E-state index contributed by atoms with van der Waals surface area (Å²) in [6, 6.07) is 7.97. The highest BCUT2D eigenvalue weighted by molar-refractivity contribution is 5.77. The quantitative estimate of drug-likeness (QED) is 0.377. The Morgan fingerprint density at radius 3 is 2.82 bits per heavy atom. The summed E-state index contributed by atoms with van der Waals surface area (Å²) in [5, 5.41) is 6.04. The summed E-state index contributed by atoms with van der Waals surface area (Å²) in [6.45, 7) is 0.694. The van der Waals surface area contributed by atoms with Crippen LogP contribution in [0.25, 0.3) is 11.0 Å². The van der Waals surface area contributed by atoms with E-state index in [0.717, 1.165) is 16.6 Å². The number of carbonyl (C=O) groups is 1. The van der Waals surface area contributed by atoms with Crippen LogP contribution in [0, 0.1) is 6.92 Å². The molecule has 4 rings (SSSR count). The summed E-state index contributed by atoms with van der Waals surface area (Å²) in [7, 11) is 0. The number of hydrogen-bond acceptors (Lipinski definition) is 6. The Morgan fingerprint density at radius 1 is 1.18 bits per heavy atom. The Balaban J connectivity index is 1.41. The highest BCUT2D eigenvalue weighted by atomic mass is 19.3. The SMILES string of the molecule is Cc1cnc(NCC(F)(F)c2ccccn2)c(=O)n1CC(=O)NCc1cnc2[nH]ccc2c1. The number of H-pyrrole nitrogens is 1. The van der Waals surface area contributed by atoms with E-state index in [1.807, 2.05) is 12.1 Å². The summed E-state index contributed by atoms with van der Waals surface area (Å²) in [5.74, 6) is -3.99. The van der Waals surface area contributed by atoms with Gasteiger partial charge in [-0.2, -0.15) is 8.78 Å². The number of nitrogens with zero attached hydrogens (tertiary/aromatic N) is 4. The Morgan fingerprint density at radius 2 is 2.03 bits per heavy atom. The lowest BCUT2D eigenvalue weighted by molar-refractivity contribution is -0.121. The maximum atomic E-state index is 14.4. The fourth-order valence-electron chi connectivity index (χ4n) is 3.24. The van der Waals surface area contributed by atoms with Crippen LogP contribution >= 0.6 is 0 Å². The maximum Gasteiger partial charge on any atom is 0.306 e. The molecule has 0 aliphatic heterocycles.